The molecule has 0 spiro atoms. The third-order valence-electron chi connectivity index (χ3n) is 2.66. The van der Waals surface area contributed by atoms with Gasteiger partial charge in [-0.1, -0.05) is 0 Å². The Kier molecular flexibility index (Phi) is 3.89. The number of carbonyl (C=O) groups is 2. The standard InChI is InChI=1S/C13H12BrN3O3/c1-16(2)12(18)11-5-6-17(15-11)8-3-4-9(13(19)20)10(14)7-8/h3-7H,1-2H3,(H,19,20). The fraction of sp³-hybridized carbons (Fsp3) is 0.154. The molecule has 0 aliphatic heterocycles. The SMILES string of the molecule is CN(C)C(=O)c1ccn(-c2ccc(C(=O)O)c(Br)c2)n1. The molecular weight excluding hydrogens is 326 g/mol. The van der Waals surface area contributed by atoms with Crippen molar-refractivity contribution in [3.8, 4) is 5.69 Å². The van der Waals surface area contributed by atoms with E-state index in [2.05, 4.69) is 21.0 Å². The van der Waals surface area contributed by atoms with Gasteiger partial charge in [-0.2, -0.15) is 5.10 Å². The number of nitrogens with zero attached hydrogens (tertiary/aromatic N) is 3. The number of hydrogen-bond donors (Lipinski definition) is 1. The maximum Gasteiger partial charge on any atom is 0.336 e. The normalized spacial score (nSPS) is 10.3. The van der Waals surface area contributed by atoms with Gasteiger partial charge in [0, 0.05) is 24.8 Å². The van der Waals surface area contributed by atoms with Crippen molar-refractivity contribution in [3.05, 3.63) is 46.2 Å². The average molecular weight is 338 g/mol. The van der Waals surface area contributed by atoms with Crippen molar-refractivity contribution in [2.24, 2.45) is 0 Å². The highest BCUT2D eigenvalue weighted by atomic mass is 79.9. The summed E-state index contributed by atoms with van der Waals surface area (Å²) in [7, 11) is 3.30. The van der Waals surface area contributed by atoms with Gasteiger partial charge < -0.3 is 10.0 Å². The van der Waals surface area contributed by atoms with Crippen molar-refractivity contribution in [2.45, 2.75) is 0 Å². The minimum Gasteiger partial charge on any atom is -0.478 e. The molecule has 0 bridgehead atoms. The maximum absolute atomic E-state index is 11.8. The molecule has 0 radical (unpaired) electrons. The Morgan fingerprint density at radius 1 is 1.30 bits per heavy atom. The lowest BCUT2D eigenvalue weighted by Gasteiger charge is -2.07. The van der Waals surface area contributed by atoms with Gasteiger partial charge in [-0.05, 0) is 40.2 Å². The van der Waals surface area contributed by atoms with E-state index in [1.54, 1.807) is 38.5 Å². The first-order valence-electron chi connectivity index (χ1n) is 5.70. The minimum atomic E-state index is -1.01. The number of amides is 1. The maximum atomic E-state index is 11.8. The molecule has 1 aromatic heterocycles. The van der Waals surface area contributed by atoms with E-state index >= 15 is 0 Å². The Morgan fingerprint density at radius 3 is 2.55 bits per heavy atom. The Labute approximate surface area is 123 Å². The fourth-order valence-corrected chi connectivity index (χ4v) is 2.17. The van der Waals surface area contributed by atoms with Crippen LogP contribution < -0.4 is 0 Å². The molecule has 0 unspecified atom stereocenters. The van der Waals surface area contributed by atoms with Gasteiger partial charge in [-0.3, -0.25) is 4.79 Å². The molecule has 20 heavy (non-hydrogen) atoms. The second-order valence-corrected chi connectivity index (χ2v) is 5.17. The Hall–Kier alpha value is -2.15. The van der Waals surface area contributed by atoms with Crippen molar-refractivity contribution in [3.63, 3.8) is 0 Å². The monoisotopic (exact) mass is 337 g/mol. The summed E-state index contributed by atoms with van der Waals surface area (Å²) < 4.78 is 1.98. The molecule has 0 aliphatic carbocycles. The van der Waals surface area contributed by atoms with Crippen LogP contribution in [-0.2, 0) is 0 Å². The summed E-state index contributed by atoms with van der Waals surface area (Å²) in [6, 6.07) is 6.36. The lowest BCUT2D eigenvalue weighted by molar-refractivity contribution is 0.0695. The third-order valence-corrected chi connectivity index (χ3v) is 3.32. The van der Waals surface area contributed by atoms with E-state index in [-0.39, 0.29) is 11.5 Å². The first kappa shape index (κ1) is 14.3. The molecular formula is C13H12BrN3O3. The molecule has 6 nitrogen and oxygen atoms in total. The quantitative estimate of drug-likeness (QED) is 0.929. The molecule has 1 heterocycles. The number of carbonyl (C=O) groups excluding carboxylic acids is 1. The van der Waals surface area contributed by atoms with Crippen molar-refractivity contribution in [1.29, 1.82) is 0 Å². The molecule has 1 aromatic carbocycles. The number of carboxylic acid groups (broad SMARTS) is 1. The number of halogens is 1. The molecule has 7 heteroatoms. The third kappa shape index (κ3) is 2.72. The molecule has 0 aliphatic rings. The summed E-state index contributed by atoms with van der Waals surface area (Å²) in [6.45, 7) is 0. The lowest BCUT2D eigenvalue weighted by Crippen LogP contribution is -2.22. The summed E-state index contributed by atoms with van der Waals surface area (Å²) in [5.74, 6) is -1.20. The number of hydrogen-bond acceptors (Lipinski definition) is 3. The molecule has 0 saturated carbocycles. The first-order chi connectivity index (χ1) is 9.40. The van der Waals surface area contributed by atoms with Gasteiger partial charge in [0.25, 0.3) is 5.91 Å². The zero-order valence-corrected chi connectivity index (χ0v) is 12.5. The zero-order valence-electron chi connectivity index (χ0n) is 10.9. The number of rotatable bonds is 3. The average Bonchev–Trinajstić information content (AvgIpc) is 2.86. The first-order valence-corrected chi connectivity index (χ1v) is 6.50. The predicted octanol–water partition coefficient (Wildman–Crippen LogP) is 2.03. The summed E-state index contributed by atoms with van der Waals surface area (Å²) in [4.78, 5) is 24.1. The Morgan fingerprint density at radius 2 is 2.00 bits per heavy atom. The smallest absolute Gasteiger partial charge is 0.336 e. The Balaban J connectivity index is 2.36. The second kappa shape index (κ2) is 5.46. The van der Waals surface area contributed by atoms with Gasteiger partial charge in [-0.15, -0.1) is 0 Å². The second-order valence-electron chi connectivity index (χ2n) is 4.31. The van der Waals surface area contributed by atoms with Gasteiger partial charge in [-0.25, -0.2) is 9.48 Å². The molecule has 0 atom stereocenters. The van der Waals surface area contributed by atoms with Gasteiger partial charge in [0.1, 0.15) is 0 Å². The van der Waals surface area contributed by atoms with Crippen molar-refractivity contribution >= 4 is 27.8 Å². The van der Waals surface area contributed by atoms with Gasteiger partial charge >= 0.3 is 5.97 Å². The van der Waals surface area contributed by atoms with Crippen LogP contribution in [0.15, 0.2) is 34.9 Å². The molecule has 2 rings (SSSR count). The number of benzene rings is 1. The molecule has 0 saturated heterocycles. The van der Waals surface area contributed by atoms with Gasteiger partial charge in [0.15, 0.2) is 5.69 Å². The number of carboxylic acids is 1. The van der Waals surface area contributed by atoms with Crippen molar-refractivity contribution in [1.82, 2.24) is 14.7 Å². The van der Waals surface area contributed by atoms with Crippen LogP contribution in [-0.4, -0.2) is 45.8 Å². The van der Waals surface area contributed by atoms with E-state index in [1.807, 2.05) is 0 Å². The highest BCUT2D eigenvalue weighted by molar-refractivity contribution is 9.10. The van der Waals surface area contributed by atoms with Crippen molar-refractivity contribution in [2.75, 3.05) is 14.1 Å². The van der Waals surface area contributed by atoms with Crippen LogP contribution in [0.5, 0.6) is 0 Å². The van der Waals surface area contributed by atoms with Crippen LogP contribution in [0.25, 0.3) is 5.69 Å². The van der Waals surface area contributed by atoms with Crippen LogP contribution >= 0.6 is 15.9 Å². The number of aromatic carboxylic acids is 1. The minimum absolute atomic E-state index is 0.172. The van der Waals surface area contributed by atoms with Crippen LogP contribution in [0.2, 0.25) is 0 Å². The van der Waals surface area contributed by atoms with Crippen molar-refractivity contribution < 1.29 is 14.7 Å². The Bertz CT molecular complexity index is 679. The molecule has 0 fully saturated rings. The highest BCUT2D eigenvalue weighted by Gasteiger charge is 2.13. The van der Waals surface area contributed by atoms with E-state index in [1.165, 1.54) is 15.6 Å². The van der Waals surface area contributed by atoms with E-state index < -0.39 is 5.97 Å². The predicted molar refractivity (Wildman–Crippen MR) is 76.2 cm³/mol. The van der Waals surface area contributed by atoms with Crippen LogP contribution in [0.3, 0.4) is 0 Å². The van der Waals surface area contributed by atoms with Gasteiger partial charge in [0.05, 0.1) is 11.3 Å². The lowest BCUT2D eigenvalue weighted by atomic mass is 10.2. The largest absolute Gasteiger partial charge is 0.478 e. The summed E-state index contributed by atoms with van der Waals surface area (Å²) >= 11 is 3.21. The number of aromatic nitrogens is 2. The fourth-order valence-electron chi connectivity index (χ4n) is 1.63. The van der Waals surface area contributed by atoms with Crippen LogP contribution in [0.1, 0.15) is 20.8 Å². The van der Waals surface area contributed by atoms with E-state index in [9.17, 15) is 9.59 Å². The zero-order chi connectivity index (χ0) is 14.9. The summed E-state index contributed by atoms with van der Waals surface area (Å²) in [5, 5.41) is 13.1. The molecule has 1 amide bonds. The summed E-state index contributed by atoms with van der Waals surface area (Å²) in [5.41, 5.74) is 1.17. The van der Waals surface area contributed by atoms with E-state index in [0.717, 1.165) is 0 Å². The molecule has 1 N–H and O–H groups in total. The van der Waals surface area contributed by atoms with Gasteiger partial charge in [0.2, 0.25) is 0 Å². The highest BCUT2D eigenvalue weighted by Crippen LogP contribution is 2.21. The molecule has 104 valence electrons. The summed E-state index contributed by atoms with van der Waals surface area (Å²) in [6.07, 6.45) is 1.65. The molecule has 2 aromatic rings. The van der Waals surface area contributed by atoms with Crippen LogP contribution in [0.4, 0.5) is 0 Å². The van der Waals surface area contributed by atoms with Crippen LogP contribution in [0, 0.1) is 0 Å². The van der Waals surface area contributed by atoms with E-state index in [0.29, 0.717) is 15.9 Å². The van der Waals surface area contributed by atoms with E-state index in [4.69, 9.17) is 5.11 Å². The topological polar surface area (TPSA) is 75.4 Å².